The second kappa shape index (κ2) is 10.1. The summed E-state index contributed by atoms with van der Waals surface area (Å²) in [6, 6.07) is 0. The molecule has 0 bridgehead atoms. The molecule has 0 amide bonds. The van der Waals surface area contributed by atoms with E-state index in [9.17, 15) is 0 Å². The molecular weight excluding hydrogens is 200 g/mol. The molecule has 1 unspecified atom stereocenters. The Bertz CT molecular complexity index is 149. The van der Waals surface area contributed by atoms with E-state index in [4.69, 9.17) is 10.6 Å². The van der Waals surface area contributed by atoms with Gasteiger partial charge in [0.25, 0.3) is 0 Å². The third-order valence-corrected chi connectivity index (χ3v) is 3.17. The first-order chi connectivity index (χ1) is 7.93. The molecule has 1 saturated heterocycles. The van der Waals surface area contributed by atoms with Crippen LogP contribution in [0.4, 0.5) is 0 Å². The molecule has 96 valence electrons. The molecule has 1 atom stereocenters. The van der Waals surface area contributed by atoms with Gasteiger partial charge in [-0.2, -0.15) is 5.06 Å². The Morgan fingerprint density at radius 3 is 1.62 bits per heavy atom. The van der Waals surface area contributed by atoms with Crippen molar-refractivity contribution >= 4 is 0 Å². The molecule has 3 nitrogen and oxygen atoms in total. The minimum atomic E-state index is 0.862. The lowest BCUT2D eigenvalue weighted by atomic mass is 10.1. The molecule has 16 heavy (non-hydrogen) atoms. The maximum Gasteiger partial charge on any atom is 0.144 e. The van der Waals surface area contributed by atoms with E-state index in [1.54, 1.807) is 0 Å². The van der Waals surface area contributed by atoms with E-state index in [-0.39, 0.29) is 0 Å². The normalized spacial score (nSPS) is 18.9. The van der Waals surface area contributed by atoms with Gasteiger partial charge < -0.3 is 5.73 Å². The van der Waals surface area contributed by atoms with Crippen LogP contribution < -0.4 is 5.73 Å². The number of hydrogen-bond donors (Lipinski definition) is 1. The van der Waals surface area contributed by atoms with Crippen molar-refractivity contribution in [2.45, 2.75) is 64.2 Å². The smallest absolute Gasteiger partial charge is 0.144 e. The van der Waals surface area contributed by atoms with Crippen molar-refractivity contribution in [3.63, 3.8) is 0 Å². The lowest BCUT2D eigenvalue weighted by Gasteiger charge is -2.02. The number of nitrogens with two attached hydrogens (primary N) is 1. The van der Waals surface area contributed by atoms with Gasteiger partial charge in [0.15, 0.2) is 0 Å². The van der Waals surface area contributed by atoms with Crippen molar-refractivity contribution in [1.82, 2.24) is 5.06 Å². The van der Waals surface area contributed by atoms with Crippen molar-refractivity contribution in [2.75, 3.05) is 19.8 Å². The summed E-state index contributed by atoms with van der Waals surface area (Å²) in [7, 11) is 0. The highest BCUT2D eigenvalue weighted by atomic mass is 16.8. The van der Waals surface area contributed by atoms with Crippen LogP contribution in [0.5, 0.6) is 0 Å². The Morgan fingerprint density at radius 2 is 1.19 bits per heavy atom. The van der Waals surface area contributed by atoms with E-state index in [2.05, 4.69) is 0 Å². The quantitative estimate of drug-likeness (QED) is 0.412. The number of hydroxylamine groups is 2. The predicted octanol–water partition coefficient (Wildman–Crippen LogP) is 3.05. The Kier molecular flexibility index (Phi) is 8.77. The molecule has 0 aromatic rings. The first kappa shape index (κ1) is 13.9. The summed E-state index contributed by atoms with van der Waals surface area (Å²) in [4.78, 5) is 5.02. The molecular formula is C13H28N2O. The first-order valence-corrected chi connectivity index (χ1v) is 7.01. The summed E-state index contributed by atoms with van der Waals surface area (Å²) >= 11 is 0. The van der Waals surface area contributed by atoms with E-state index < -0.39 is 0 Å². The van der Waals surface area contributed by atoms with Crippen molar-refractivity contribution in [2.24, 2.45) is 5.73 Å². The molecule has 0 spiro atoms. The molecule has 0 saturated carbocycles. The fourth-order valence-corrected chi connectivity index (χ4v) is 2.02. The molecule has 2 N–H and O–H groups in total. The lowest BCUT2D eigenvalue weighted by molar-refractivity contribution is 0.197. The lowest BCUT2D eigenvalue weighted by Crippen LogP contribution is -1.97. The van der Waals surface area contributed by atoms with Crippen molar-refractivity contribution < 1.29 is 4.84 Å². The van der Waals surface area contributed by atoms with Gasteiger partial charge in [-0.05, 0) is 19.4 Å². The van der Waals surface area contributed by atoms with Crippen LogP contribution in [-0.2, 0) is 4.84 Å². The van der Waals surface area contributed by atoms with E-state index in [1.807, 2.05) is 5.06 Å². The van der Waals surface area contributed by atoms with Gasteiger partial charge in [-0.15, -0.1) is 0 Å². The van der Waals surface area contributed by atoms with Crippen LogP contribution in [0.3, 0.4) is 0 Å². The molecule has 0 radical (unpaired) electrons. The Labute approximate surface area is 100 Å². The predicted molar refractivity (Wildman–Crippen MR) is 67.9 cm³/mol. The van der Waals surface area contributed by atoms with Gasteiger partial charge in [0, 0.05) is 6.54 Å². The molecule has 1 fully saturated rings. The summed E-state index contributed by atoms with van der Waals surface area (Å²) in [5, 5.41) is 2.03. The number of unbranched alkanes of at least 4 members (excludes halogenated alkanes) is 9. The summed E-state index contributed by atoms with van der Waals surface area (Å²) in [6.45, 7) is 2.86. The molecule has 1 heterocycles. The largest absolute Gasteiger partial charge is 0.330 e. The summed E-state index contributed by atoms with van der Waals surface area (Å²) < 4.78 is 0. The molecule has 3 heteroatoms. The van der Waals surface area contributed by atoms with Crippen molar-refractivity contribution in [1.29, 1.82) is 0 Å². The molecule has 1 aliphatic heterocycles. The van der Waals surface area contributed by atoms with Crippen LogP contribution in [0.2, 0.25) is 0 Å². The minimum absolute atomic E-state index is 0.862. The summed E-state index contributed by atoms with van der Waals surface area (Å²) in [5.41, 5.74) is 5.45. The fraction of sp³-hybridized carbons (Fsp3) is 1.00. The Morgan fingerprint density at radius 1 is 0.750 bits per heavy atom. The van der Waals surface area contributed by atoms with Gasteiger partial charge in [-0.1, -0.05) is 51.4 Å². The zero-order valence-electron chi connectivity index (χ0n) is 10.6. The van der Waals surface area contributed by atoms with Crippen molar-refractivity contribution in [3.8, 4) is 0 Å². The maximum atomic E-state index is 5.45. The average molecular weight is 228 g/mol. The highest BCUT2D eigenvalue weighted by molar-refractivity contribution is 4.51. The van der Waals surface area contributed by atoms with Crippen LogP contribution in [-0.4, -0.2) is 24.9 Å². The van der Waals surface area contributed by atoms with E-state index in [0.717, 1.165) is 19.8 Å². The summed E-state index contributed by atoms with van der Waals surface area (Å²) in [5.74, 6) is 0. The number of hydrogen-bond acceptors (Lipinski definition) is 3. The van der Waals surface area contributed by atoms with Crippen molar-refractivity contribution in [3.05, 3.63) is 0 Å². The summed E-state index contributed by atoms with van der Waals surface area (Å²) in [6.07, 6.45) is 13.6. The maximum absolute atomic E-state index is 5.45. The monoisotopic (exact) mass is 228 g/mol. The average Bonchev–Trinajstić information content (AvgIpc) is 3.10. The zero-order chi connectivity index (χ0) is 11.5. The standard InChI is InChI=1S/C13H28N2O/c14-11-9-7-5-3-1-2-4-6-8-10-12-15-13-16-15/h1-14H2. The van der Waals surface area contributed by atoms with Gasteiger partial charge in [0.1, 0.15) is 6.73 Å². The Balaban J connectivity index is 1.61. The van der Waals surface area contributed by atoms with E-state index in [0.29, 0.717) is 0 Å². The number of rotatable bonds is 12. The minimum Gasteiger partial charge on any atom is -0.330 e. The first-order valence-electron chi connectivity index (χ1n) is 7.01. The molecule has 0 aromatic carbocycles. The van der Waals surface area contributed by atoms with Gasteiger partial charge in [-0.3, -0.25) is 4.84 Å². The van der Waals surface area contributed by atoms with Gasteiger partial charge in [0.2, 0.25) is 0 Å². The SMILES string of the molecule is NCCCCCCCCCCCCN1CO1. The third-order valence-electron chi connectivity index (χ3n) is 3.17. The van der Waals surface area contributed by atoms with Crippen LogP contribution in [0.1, 0.15) is 64.2 Å². The van der Waals surface area contributed by atoms with E-state index >= 15 is 0 Å². The highest BCUT2D eigenvalue weighted by Gasteiger charge is 2.16. The second-order valence-electron chi connectivity index (χ2n) is 4.79. The molecule has 0 aromatic heterocycles. The van der Waals surface area contributed by atoms with E-state index in [1.165, 1.54) is 64.2 Å². The molecule has 1 aliphatic rings. The molecule has 1 rings (SSSR count). The van der Waals surface area contributed by atoms with Crippen LogP contribution in [0.15, 0.2) is 0 Å². The fourth-order valence-electron chi connectivity index (χ4n) is 2.02. The molecule has 0 aliphatic carbocycles. The Hall–Kier alpha value is -0.120. The van der Waals surface area contributed by atoms with Gasteiger partial charge >= 0.3 is 0 Å². The topological polar surface area (TPSA) is 41.6 Å². The number of nitrogens with zero attached hydrogens (tertiary/aromatic N) is 1. The highest BCUT2D eigenvalue weighted by Crippen LogP contribution is 2.12. The van der Waals surface area contributed by atoms with Gasteiger partial charge in [-0.25, -0.2) is 0 Å². The van der Waals surface area contributed by atoms with Crippen LogP contribution in [0, 0.1) is 0 Å². The third kappa shape index (κ3) is 9.13. The van der Waals surface area contributed by atoms with Gasteiger partial charge in [0.05, 0.1) is 0 Å². The van der Waals surface area contributed by atoms with Crippen LogP contribution >= 0.6 is 0 Å². The second-order valence-corrected chi connectivity index (χ2v) is 4.79. The zero-order valence-corrected chi connectivity index (χ0v) is 10.6. The van der Waals surface area contributed by atoms with Crippen LogP contribution in [0.25, 0.3) is 0 Å².